The van der Waals surface area contributed by atoms with Crippen LogP contribution in [0.4, 0.5) is 0 Å². The van der Waals surface area contributed by atoms with Gasteiger partial charge in [-0.25, -0.2) is 0 Å². The van der Waals surface area contributed by atoms with Gasteiger partial charge >= 0.3 is 0 Å². The maximum absolute atomic E-state index is 11.0. The van der Waals surface area contributed by atoms with Crippen LogP contribution in [0.25, 0.3) is 0 Å². The first kappa shape index (κ1) is 6.69. The van der Waals surface area contributed by atoms with E-state index in [-0.39, 0.29) is 12.6 Å². The largest absolute Gasteiger partial charge is 0.315 e. The lowest BCUT2D eigenvalue weighted by atomic mass is 10.3. The third-order valence-corrected chi connectivity index (χ3v) is 3.62. The summed E-state index contributed by atoms with van der Waals surface area (Å²) in [5.74, 6) is -0.458. The molecule has 1 atom stereocenters. The van der Waals surface area contributed by atoms with E-state index in [1.165, 1.54) is 6.66 Å². The Labute approximate surface area is 52.8 Å². The van der Waals surface area contributed by atoms with E-state index in [4.69, 9.17) is 0 Å². The summed E-state index contributed by atoms with van der Waals surface area (Å²) in [5.41, 5.74) is -0.637. The van der Waals surface area contributed by atoms with Crippen LogP contribution in [-0.2, 0) is 14.2 Å². The zero-order valence-electron chi connectivity index (χ0n) is 5.09. The van der Waals surface area contributed by atoms with Crippen LogP contribution >= 0.6 is 7.14 Å². The Morgan fingerprint density at radius 2 is 2.00 bits per heavy atom. The van der Waals surface area contributed by atoms with Gasteiger partial charge in [0.15, 0.2) is 7.14 Å². The minimum Gasteiger partial charge on any atom is -0.315 e. The maximum atomic E-state index is 11.0. The summed E-state index contributed by atoms with van der Waals surface area (Å²) >= 11 is 0. The Morgan fingerprint density at radius 3 is 2.11 bits per heavy atom. The molecule has 0 aliphatic carbocycles. The van der Waals surface area contributed by atoms with Crippen LogP contribution in [-0.4, -0.2) is 24.1 Å². The fourth-order valence-electron chi connectivity index (χ4n) is 0.787. The number of carbonyl (C=O) groups excluding carboxylic acids is 2. The molecule has 1 aliphatic heterocycles. The van der Waals surface area contributed by atoms with E-state index in [0.717, 1.165) is 0 Å². The second-order valence-electron chi connectivity index (χ2n) is 2.30. The highest BCUT2D eigenvalue weighted by atomic mass is 31.2. The summed E-state index contributed by atoms with van der Waals surface area (Å²) in [4.78, 5) is 21.1. The molecule has 0 radical (unpaired) electrons. The highest BCUT2D eigenvalue weighted by Gasteiger charge is 2.38. The zero-order chi connectivity index (χ0) is 7.07. The lowest BCUT2D eigenvalue weighted by Crippen LogP contribution is -2.02. The van der Waals surface area contributed by atoms with Gasteiger partial charge in [0.1, 0.15) is 0 Å². The molecule has 1 unspecified atom stereocenters. The van der Waals surface area contributed by atoms with Gasteiger partial charge in [0.2, 0.25) is 5.78 Å². The summed E-state index contributed by atoms with van der Waals surface area (Å²) in [5, 5.41) is 0. The Bertz CT molecular complexity index is 218. The zero-order valence-corrected chi connectivity index (χ0v) is 5.98. The van der Waals surface area contributed by atoms with Crippen LogP contribution in [0.1, 0.15) is 6.42 Å². The van der Waals surface area contributed by atoms with Gasteiger partial charge in [-0.2, -0.15) is 0 Å². The van der Waals surface area contributed by atoms with Gasteiger partial charge in [-0.05, 0) is 6.66 Å². The second kappa shape index (κ2) is 1.77. The summed E-state index contributed by atoms with van der Waals surface area (Å²) in [6.45, 7) is 1.38. The molecule has 0 aromatic carbocycles. The van der Waals surface area contributed by atoms with Crippen molar-refractivity contribution in [1.29, 1.82) is 0 Å². The van der Waals surface area contributed by atoms with Crippen molar-refractivity contribution < 1.29 is 14.2 Å². The quantitative estimate of drug-likeness (QED) is 0.369. The third-order valence-electron chi connectivity index (χ3n) is 1.43. The minimum atomic E-state index is -2.68. The molecule has 4 heteroatoms. The second-order valence-corrected chi connectivity index (χ2v) is 5.36. The fourth-order valence-corrected chi connectivity index (χ4v) is 2.26. The lowest BCUT2D eigenvalue weighted by molar-refractivity contribution is -0.131. The number of rotatable bonds is 0. The molecule has 1 aliphatic rings. The van der Waals surface area contributed by atoms with E-state index < -0.39 is 18.4 Å². The van der Waals surface area contributed by atoms with Crippen molar-refractivity contribution in [2.24, 2.45) is 0 Å². The van der Waals surface area contributed by atoms with Gasteiger partial charge in [-0.3, -0.25) is 9.59 Å². The smallest absolute Gasteiger partial charge is 0.256 e. The van der Waals surface area contributed by atoms with Crippen molar-refractivity contribution in [3.8, 4) is 0 Å². The summed E-state index contributed by atoms with van der Waals surface area (Å²) in [6, 6.07) is 0. The van der Waals surface area contributed by atoms with Gasteiger partial charge in [0.05, 0.1) is 0 Å². The van der Waals surface area contributed by atoms with Crippen LogP contribution in [0.3, 0.4) is 0 Å². The van der Waals surface area contributed by atoms with E-state index in [9.17, 15) is 14.2 Å². The van der Waals surface area contributed by atoms with Crippen molar-refractivity contribution in [3.63, 3.8) is 0 Å². The van der Waals surface area contributed by atoms with Gasteiger partial charge in [0.25, 0.3) is 5.52 Å². The van der Waals surface area contributed by atoms with Gasteiger partial charge in [-0.1, -0.05) is 0 Å². The predicted octanol–water partition coefficient (Wildman–Crippen LogP) is 0.479. The highest BCUT2D eigenvalue weighted by molar-refractivity contribution is 7.83. The van der Waals surface area contributed by atoms with E-state index in [1.807, 2.05) is 0 Å². The Hall–Kier alpha value is -0.430. The third kappa shape index (κ3) is 0.969. The average molecular weight is 146 g/mol. The van der Waals surface area contributed by atoms with Crippen LogP contribution in [0.5, 0.6) is 0 Å². The maximum Gasteiger partial charge on any atom is 0.256 e. The number of ketones is 1. The van der Waals surface area contributed by atoms with Crippen molar-refractivity contribution in [2.45, 2.75) is 6.42 Å². The first-order chi connectivity index (χ1) is 4.04. The molecule has 3 nitrogen and oxygen atoms in total. The molecule has 0 aromatic rings. The van der Waals surface area contributed by atoms with Crippen molar-refractivity contribution in [2.75, 3.05) is 12.8 Å². The fraction of sp³-hybridized carbons (Fsp3) is 0.600. The number of hydrogen-bond acceptors (Lipinski definition) is 3. The molecule has 50 valence electrons. The molecule has 0 saturated carbocycles. The monoisotopic (exact) mass is 146 g/mol. The highest BCUT2D eigenvalue weighted by Crippen LogP contribution is 2.47. The number of carbonyl (C=O) groups is 2. The Kier molecular flexibility index (Phi) is 1.32. The molecular weight excluding hydrogens is 139 g/mol. The molecule has 0 N–H and O–H groups in total. The average Bonchev–Trinajstić information content (AvgIpc) is 1.97. The normalized spacial score (nSPS) is 35.7. The summed E-state index contributed by atoms with van der Waals surface area (Å²) in [6.07, 6.45) is 0.470. The molecule has 1 rings (SSSR count). The van der Waals surface area contributed by atoms with Crippen LogP contribution in [0.15, 0.2) is 0 Å². The molecule has 0 spiro atoms. The first-order valence-corrected chi connectivity index (χ1v) is 5.02. The van der Waals surface area contributed by atoms with Gasteiger partial charge in [-0.15, -0.1) is 0 Å². The molecule has 1 saturated heterocycles. The first-order valence-electron chi connectivity index (χ1n) is 2.68. The number of Topliss-reactive ketones (excluding diaryl/α,β-unsaturated/α-hetero) is 1. The predicted molar refractivity (Wildman–Crippen MR) is 33.0 cm³/mol. The molecule has 0 amide bonds. The van der Waals surface area contributed by atoms with E-state index >= 15 is 0 Å². The standard InChI is InChI=1S/C5H7O3P/c1-9(8)3-2-4(6)5(9)7/h2-3H2,1H3. The SMILES string of the molecule is CP1(=O)CCC(=O)C1=O. The van der Waals surface area contributed by atoms with Gasteiger partial charge in [0, 0.05) is 12.6 Å². The van der Waals surface area contributed by atoms with Crippen molar-refractivity contribution in [1.82, 2.24) is 0 Å². The molecule has 9 heavy (non-hydrogen) atoms. The molecule has 1 heterocycles. The van der Waals surface area contributed by atoms with E-state index in [2.05, 4.69) is 0 Å². The Balaban J connectivity index is 3.00. The lowest BCUT2D eigenvalue weighted by Gasteiger charge is -1.94. The van der Waals surface area contributed by atoms with Crippen LogP contribution in [0, 0.1) is 0 Å². The summed E-state index contributed by atoms with van der Waals surface area (Å²) in [7, 11) is -2.68. The van der Waals surface area contributed by atoms with E-state index in [0.29, 0.717) is 0 Å². The van der Waals surface area contributed by atoms with E-state index in [1.54, 1.807) is 0 Å². The van der Waals surface area contributed by atoms with Gasteiger partial charge < -0.3 is 4.57 Å². The topological polar surface area (TPSA) is 51.2 Å². The van der Waals surface area contributed by atoms with Crippen LogP contribution in [0.2, 0.25) is 0 Å². The summed E-state index contributed by atoms with van der Waals surface area (Å²) < 4.78 is 11.0. The van der Waals surface area contributed by atoms with Crippen molar-refractivity contribution in [3.05, 3.63) is 0 Å². The number of hydrogen-bond donors (Lipinski definition) is 0. The molecular formula is C5H7O3P. The van der Waals surface area contributed by atoms with Crippen molar-refractivity contribution >= 4 is 18.4 Å². The van der Waals surface area contributed by atoms with Crippen LogP contribution < -0.4 is 0 Å². The minimum absolute atomic E-state index is 0.187. The molecule has 0 bridgehead atoms. The Morgan fingerprint density at radius 1 is 1.44 bits per heavy atom. The molecule has 1 fully saturated rings. The molecule has 0 aromatic heterocycles.